The summed E-state index contributed by atoms with van der Waals surface area (Å²) in [4.78, 5) is 16.9. The summed E-state index contributed by atoms with van der Waals surface area (Å²) in [6.07, 6.45) is 0. The lowest BCUT2D eigenvalue weighted by atomic mass is 10.1. The van der Waals surface area contributed by atoms with Crippen LogP contribution in [0.25, 0.3) is 22.6 Å². The Morgan fingerprint density at radius 1 is 1.07 bits per heavy atom. The van der Waals surface area contributed by atoms with Gasteiger partial charge in [-0.1, -0.05) is 17.7 Å². The van der Waals surface area contributed by atoms with E-state index in [1.807, 2.05) is 25.1 Å². The van der Waals surface area contributed by atoms with Crippen LogP contribution in [0.5, 0.6) is 0 Å². The van der Waals surface area contributed by atoms with Crippen LogP contribution in [0.15, 0.2) is 65.1 Å². The molecule has 0 aliphatic rings. The number of hydrogen-bond donors (Lipinski definition) is 1. The number of fused-ring (bicyclic) bond motifs is 1. The van der Waals surface area contributed by atoms with Gasteiger partial charge in [0.1, 0.15) is 11.3 Å². The van der Waals surface area contributed by atoms with Crippen LogP contribution in [0.4, 0.5) is 10.1 Å². The topological polar surface area (TPSA) is 55.1 Å². The SMILES string of the molecule is Cc1ccc2nc(-c3ccc(Cl)c(NC(=O)c4ccc(F)cc4)c3)oc2c1. The number of amides is 1. The Bertz CT molecular complexity index is 1150. The Labute approximate surface area is 159 Å². The summed E-state index contributed by atoms with van der Waals surface area (Å²) in [6, 6.07) is 16.2. The molecule has 0 aliphatic carbocycles. The Morgan fingerprint density at radius 2 is 1.85 bits per heavy atom. The molecule has 0 spiro atoms. The first-order valence-corrected chi connectivity index (χ1v) is 8.61. The predicted octanol–water partition coefficient (Wildman–Crippen LogP) is 5.85. The highest BCUT2D eigenvalue weighted by atomic mass is 35.5. The van der Waals surface area contributed by atoms with Gasteiger partial charge in [0.2, 0.25) is 5.89 Å². The minimum atomic E-state index is -0.405. The fourth-order valence-corrected chi connectivity index (χ4v) is 2.87. The maximum Gasteiger partial charge on any atom is 0.255 e. The fraction of sp³-hybridized carbons (Fsp3) is 0.0476. The minimum Gasteiger partial charge on any atom is -0.436 e. The van der Waals surface area contributed by atoms with Gasteiger partial charge in [0.05, 0.1) is 10.7 Å². The van der Waals surface area contributed by atoms with E-state index in [2.05, 4.69) is 10.3 Å². The van der Waals surface area contributed by atoms with Crippen LogP contribution >= 0.6 is 11.6 Å². The van der Waals surface area contributed by atoms with Gasteiger partial charge in [-0.2, -0.15) is 0 Å². The maximum absolute atomic E-state index is 13.0. The quantitative estimate of drug-likeness (QED) is 0.485. The minimum absolute atomic E-state index is 0.329. The first kappa shape index (κ1) is 17.2. The molecule has 4 aromatic rings. The van der Waals surface area contributed by atoms with Gasteiger partial charge >= 0.3 is 0 Å². The van der Waals surface area contributed by atoms with Crippen molar-refractivity contribution in [2.75, 3.05) is 5.32 Å². The number of aryl methyl sites for hydroxylation is 1. The molecule has 0 saturated heterocycles. The molecule has 27 heavy (non-hydrogen) atoms. The van der Waals surface area contributed by atoms with Crippen molar-refractivity contribution in [1.82, 2.24) is 4.98 Å². The molecule has 4 nitrogen and oxygen atoms in total. The summed E-state index contributed by atoms with van der Waals surface area (Å²) in [5.41, 5.74) is 3.95. The lowest BCUT2D eigenvalue weighted by molar-refractivity contribution is 0.102. The number of nitrogens with zero attached hydrogens (tertiary/aromatic N) is 1. The molecule has 134 valence electrons. The molecule has 1 amide bonds. The van der Waals surface area contributed by atoms with E-state index in [1.165, 1.54) is 24.3 Å². The predicted molar refractivity (Wildman–Crippen MR) is 104 cm³/mol. The van der Waals surface area contributed by atoms with Crippen LogP contribution < -0.4 is 5.32 Å². The van der Waals surface area contributed by atoms with Gasteiger partial charge < -0.3 is 9.73 Å². The van der Waals surface area contributed by atoms with Crippen LogP contribution in [0.3, 0.4) is 0 Å². The summed E-state index contributed by atoms with van der Waals surface area (Å²) >= 11 is 6.21. The standard InChI is InChI=1S/C21H14ClFN2O2/c1-12-2-9-17-19(10-12)27-21(25-17)14-5-8-16(22)18(11-14)24-20(26)13-3-6-15(23)7-4-13/h2-11H,1H3,(H,24,26). The largest absolute Gasteiger partial charge is 0.436 e. The number of anilines is 1. The van der Waals surface area contributed by atoms with Crippen LogP contribution in [0, 0.1) is 12.7 Å². The summed E-state index contributed by atoms with van der Waals surface area (Å²) in [5, 5.41) is 3.11. The molecule has 6 heteroatoms. The van der Waals surface area contributed by atoms with Gasteiger partial charge in [0.25, 0.3) is 5.91 Å². The Kier molecular flexibility index (Phi) is 4.38. The van der Waals surface area contributed by atoms with Crippen LogP contribution in [0.2, 0.25) is 5.02 Å². The molecule has 3 aromatic carbocycles. The van der Waals surface area contributed by atoms with E-state index in [0.29, 0.717) is 33.3 Å². The summed E-state index contributed by atoms with van der Waals surface area (Å²) in [5.74, 6) is -0.357. The van der Waals surface area contributed by atoms with Gasteiger partial charge in [-0.15, -0.1) is 0 Å². The van der Waals surface area contributed by atoms with E-state index in [1.54, 1.807) is 18.2 Å². The average molecular weight is 381 g/mol. The number of nitrogens with one attached hydrogen (secondary N) is 1. The average Bonchev–Trinajstić information content (AvgIpc) is 3.07. The number of carbonyl (C=O) groups is 1. The van der Waals surface area contributed by atoms with Gasteiger partial charge in [-0.05, 0) is 67.1 Å². The highest BCUT2D eigenvalue weighted by molar-refractivity contribution is 6.34. The summed E-state index contributed by atoms with van der Waals surface area (Å²) in [7, 11) is 0. The third-order valence-corrected chi connectivity index (χ3v) is 4.44. The molecule has 1 aromatic heterocycles. The lowest BCUT2D eigenvalue weighted by Crippen LogP contribution is -2.12. The van der Waals surface area contributed by atoms with Gasteiger partial charge in [0, 0.05) is 11.1 Å². The lowest BCUT2D eigenvalue weighted by Gasteiger charge is -2.08. The van der Waals surface area contributed by atoms with E-state index in [9.17, 15) is 9.18 Å². The van der Waals surface area contributed by atoms with Crippen LogP contribution in [-0.2, 0) is 0 Å². The van der Waals surface area contributed by atoms with Crippen molar-refractivity contribution >= 4 is 34.3 Å². The van der Waals surface area contributed by atoms with Crippen molar-refractivity contribution in [3.05, 3.63) is 82.6 Å². The van der Waals surface area contributed by atoms with E-state index >= 15 is 0 Å². The van der Waals surface area contributed by atoms with Crippen molar-refractivity contribution in [3.63, 3.8) is 0 Å². The zero-order chi connectivity index (χ0) is 19.0. The van der Waals surface area contributed by atoms with Crippen molar-refractivity contribution in [2.45, 2.75) is 6.92 Å². The van der Waals surface area contributed by atoms with E-state index < -0.39 is 5.82 Å². The molecule has 0 bridgehead atoms. The maximum atomic E-state index is 13.0. The second-order valence-corrected chi connectivity index (χ2v) is 6.55. The van der Waals surface area contributed by atoms with Crippen molar-refractivity contribution in [1.29, 1.82) is 0 Å². The molecular weight excluding hydrogens is 367 g/mol. The monoisotopic (exact) mass is 380 g/mol. The third kappa shape index (κ3) is 3.55. The number of benzene rings is 3. The zero-order valence-electron chi connectivity index (χ0n) is 14.3. The van der Waals surface area contributed by atoms with Gasteiger partial charge in [0.15, 0.2) is 5.58 Å². The Hall–Kier alpha value is -3.18. The Balaban J connectivity index is 1.66. The number of oxazole rings is 1. The molecule has 1 N–H and O–H groups in total. The first-order chi connectivity index (χ1) is 13.0. The number of rotatable bonds is 3. The number of aromatic nitrogens is 1. The van der Waals surface area contributed by atoms with Crippen molar-refractivity contribution in [2.24, 2.45) is 0 Å². The number of carbonyl (C=O) groups excluding carboxylic acids is 1. The fourth-order valence-electron chi connectivity index (χ4n) is 2.71. The number of hydrogen-bond acceptors (Lipinski definition) is 3. The molecule has 1 heterocycles. The molecule has 0 fully saturated rings. The molecule has 4 rings (SSSR count). The highest BCUT2D eigenvalue weighted by Crippen LogP contribution is 2.31. The first-order valence-electron chi connectivity index (χ1n) is 8.23. The second-order valence-electron chi connectivity index (χ2n) is 6.15. The highest BCUT2D eigenvalue weighted by Gasteiger charge is 2.13. The molecule has 0 radical (unpaired) electrons. The third-order valence-electron chi connectivity index (χ3n) is 4.11. The second kappa shape index (κ2) is 6.85. The van der Waals surface area contributed by atoms with E-state index in [0.717, 1.165) is 11.1 Å². The van der Waals surface area contributed by atoms with Crippen molar-refractivity contribution in [3.8, 4) is 11.5 Å². The number of halogens is 2. The van der Waals surface area contributed by atoms with Crippen LogP contribution in [-0.4, -0.2) is 10.9 Å². The molecular formula is C21H14ClFN2O2. The molecule has 0 unspecified atom stereocenters. The zero-order valence-corrected chi connectivity index (χ0v) is 15.0. The summed E-state index contributed by atoms with van der Waals surface area (Å²) < 4.78 is 18.8. The Morgan fingerprint density at radius 3 is 2.63 bits per heavy atom. The van der Waals surface area contributed by atoms with Crippen LogP contribution in [0.1, 0.15) is 15.9 Å². The molecule has 0 saturated carbocycles. The van der Waals surface area contributed by atoms with Gasteiger partial charge in [-0.3, -0.25) is 4.79 Å². The summed E-state index contributed by atoms with van der Waals surface area (Å²) in [6.45, 7) is 1.98. The smallest absolute Gasteiger partial charge is 0.255 e. The van der Waals surface area contributed by atoms with E-state index in [4.69, 9.17) is 16.0 Å². The van der Waals surface area contributed by atoms with Gasteiger partial charge in [-0.25, -0.2) is 9.37 Å². The van der Waals surface area contributed by atoms with Crippen molar-refractivity contribution < 1.29 is 13.6 Å². The molecule has 0 aliphatic heterocycles. The normalized spacial score (nSPS) is 10.9. The van der Waals surface area contributed by atoms with E-state index in [-0.39, 0.29) is 5.91 Å². The molecule has 0 atom stereocenters.